The highest BCUT2D eigenvalue weighted by Gasteiger charge is 2.44. The van der Waals surface area contributed by atoms with Crippen LogP contribution in [0, 0.1) is 17.1 Å². The zero-order chi connectivity index (χ0) is 20.5. The van der Waals surface area contributed by atoms with Crippen LogP contribution in [0.5, 0.6) is 0 Å². The third-order valence-corrected chi connectivity index (χ3v) is 4.11. The van der Waals surface area contributed by atoms with Gasteiger partial charge in [-0.1, -0.05) is 6.07 Å². The van der Waals surface area contributed by atoms with Crippen molar-refractivity contribution < 1.29 is 18.0 Å². The minimum atomic E-state index is -4.17. The van der Waals surface area contributed by atoms with E-state index in [-0.39, 0.29) is 22.3 Å². The number of aromatic nitrogens is 2. The van der Waals surface area contributed by atoms with Crippen LogP contribution in [0.2, 0.25) is 0 Å². The Bertz CT molecular complexity index is 1170. The summed E-state index contributed by atoms with van der Waals surface area (Å²) < 4.78 is 42.7. The number of nitrogens with zero attached hydrogens (tertiary/aromatic N) is 2. The number of amides is 1. The Hall–Kier alpha value is -3.67. The molecule has 1 atom stereocenters. The molecule has 0 bridgehead atoms. The van der Waals surface area contributed by atoms with Gasteiger partial charge in [-0.15, -0.1) is 0 Å². The van der Waals surface area contributed by atoms with E-state index in [0.29, 0.717) is 0 Å². The third-order valence-electron chi connectivity index (χ3n) is 4.11. The molecule has 3 rings (SSSR count). The summed E-state index contributed by atoms with van der Waals surface area (Å²) in [5.41, 5.74) is -1.82. The number of aromatic amines is 1. The lowest BCUT2D eigenvalue weighted by Gasteiger charge is -2.19. The summed E-state index contributed by atoms with van der Waals surface area (Å²) in [5.74, 6) is -6.56. The summed E-state index contributed by atoms with van der Waals surface area (Å²) >= 11 is 0. The molecule has 0 spiro atoms. The molecule has 28 heavy (non-hydrogen) atoms. The van der Waals surface area contributed by atoms with Crippen molar-refractivity contribution in [3.63, 3.8) is 0 Å². The molecule has 0 aliphatic rings. The van der Waals surface area contributed by atoms with Gasteiger partial charge in [0.15, 0.2) is 0 Å². The van der Waals surface area contributed by atoms with E-state index >= 15 is 0 Å². The molecule has 9 heteroatoms. The van der Waals surface area contributed by atoms with Gasteiger partial charge in [-0.2, -0.15) is 14.0 Å². The minimum absolute atomic E-state index is 0.0264. The highest BCUT2D eigenvalue weighted by atomic mass is 19.3. The van der Waals surface area contributed by atoms with E-state index in [1.165, 1.54) is 31.2 Å². The fourth-order valence-corrected chi connectivity index (χ4v) is 2.65. The Morgan fingerprint density at radius 3 is 2.75 bits per heavy atom. The standard InChI is InChI=1S/C19H13F3N4O2/c1-10(15-4-2-3-13(9-23)25-15)24-18(28)19(21,22)14-8-11-7-12(20)5-6-16(11)26-17(14)27/h2-8,10H,1H3,(H,24,28)(H,26,27)/t10-/m1/s1. The van der Waals surface area contributed by atoms with E-state index in [4.69, 9.17) is 5.26 Å². The van der Waals surface area contributed by atoms with Crippen LogP contribution < -0.4 is 10.9 Å². The van der Waals surface area contributed by atoms with Crippen molar-refractivity contribution in [3.05, 3.63) is 75.6 Å². The summed E-state index contributed by atoms with van der Waals surface area (Å²) in [5, 5.41) is 11.0. The third kappa shape index (κ3) is 3.57. The number of nitrogens with one attached hydrogen (secondary N) is 2. The first kappa shape index (κ1) is 19.1. The van der Waals surface area contributed by atoms with Gasteiger partial charge in [0.25, 0.3) is 11.5 Å². The molecule has 2 heterocycles. The number of rotatable bonds is 4. The predicted molar refractivity (Wildman–Crippen MR) is 93.9 cm³/mol. The number of benzene rings is 1. The lowest BCUT2D eigenvalue weighted by atomic mass is 10.1. The molecule has 142 valence electrons. The van der Waals surface area contributed by atoms with Gasteiger partial charge in [-0.3, -0.25) is 9.59 Å². The average Bonchev–Trinajstić information content (AvgIpc) is 2.67. The predicted octanol–water partition coefficient (Wildman–Crippen LogP) is 2.90. The van der Waals surface area contributed by atoms with Crippen LogP contribution in [0.25, 0.3) is 10.9 Å². The van der Waals surface area contributed by atoms with Gasteiger partial charge >= 0.3 is 5.92 Å². The number of alkyl halides is 2. The number of hydrogen-bond donors (Lipinski definition) is 2. The minimum Gasteiger partial charge on any atom is -0.342 e. The van der Waals surface area contributed by atoms with Crippen molar-refractivity contribution in [2.75, 3.05) is 0 Å². The van der Waals surface area contributed by atoms with Crippen LogP contribution in [0.3, 0.4) is 0 Å². The van der Waals surface area contributed by atoms with Gasteiger partial charge in [0.1, 0.15) is 17.6 Å². The Morgan fingerprint density at radius 1 is 1.29 bits per heavy atom. The number of fused-ring (bicyclic) bond motifs is 1. The molecule has 1 amide bonds. The van der Waals surface area contributed by atoms with E-state index < -0.39 is 34.8 Å². The van der Waals surface area contributed by atoms with Crippen LogP contribution in [0.4, 0.5) is 13.2 Å². The number of carbonyl (C=O) groups excluding carboxylic acids is 1. The van der Waals surface area contributed by atoms with E-state index in [2.05, 4.69) is 15.3 Å². The molecule has 0 saturated carbocycles. The summed E-state index contributed by atoms with van der Waals surface area (Å²) in [7, 11) is 0. The molecule has 0 saturated heterocycles. The number of pyridine rings is 2. The van der Waals surface area contributed by atoms with Crippen LogP contribution in [0.1, 0.15) is 29.9 Å². The SMILES string of the molecule is C[C@@H](NC(=O)C(F)(F)c1cc2cc(F)ccc2[nH]c1=O)c1cccc(C#N)n1. The zero-order valence-corrected chi connectivity index (χ0v) is 14.5. The van der Waals surface area contributed by atoms with E-state index in [1.54, 1.807) is 0 Å². The smallest absolute Gasteiger partial charge is 0.342 e. The Kier molecular flexibility index (Phi) is 4.88. The summed E-state index contributed by atoms with van der Waals surface area (Å²) in [4.78, 5) is 30.4. The molecule has 0 aliphatic carbocycles. The number of halogens is 3. The van der Waals surface area contributed by atoms with E-state index in [9.17, 15) is 22.8 Å². The first-order valence-corrected chi connectivity index (χ1v) is 8.11. The number of nitriles is 1. The number of H-pyrrole nitrogens is 1. The maximum Gasteiger partial charge on any atom is 0.355 e. The largest absolute Gasteiger partial charge is 0.355 e. The van der Waals surface area contributed by atoms with Gasteiger partial charge < -0.3 is 10.3 Å². The van der Waals surface area contributed by atoms with Crippen molar-refractivity contribution in [1.82, 2.24) is 15.3 Å². The van der Waals surface area contributed by atoms with E-state index in [1.807, 2.05) is 6.07 Å². The Balaban J connectivity index is 1.92. The van der Waals surface area contributed by atoms with E-state index in [0.717, 1.165) is 18.2 Å². The Labute approximate surface area is 156 Å². The van der Waals surface area contributed by atoms with Gasteiger partial charge in [-0.25, -0.2) is 9.37 Å². The highest BCUT2D eigenvalue weighted by Crippen LogP contribution is 2.28. The van der Waals surface area contributed by atoms with Crippen molar-refractivity contribution in [2.45, 2.75) is 18.9 Å². The first-order valence-electron chi connectivity index (χ1n) is 8.11. The quantitative estimate of drug-likeness (QED) is 0.720. The summed E-state index contributed by atoms with van der Waals surface area (Å²) in [6.07, 6.45) is 0. The Morgan fingerprint density at radius 2 is 2.04 bits per heavy atom. The van der Waals surface area contributed by atoms with Crippen molar-refractivity contribution >= 4 is 16.8 Å². The first-order chi connectivity index (χ1) is 13.2. The molecule has 1 aromatic carbocycles. The molecule has 2 aromatic heterocycles. The van der Waals surface area contributed by atoms with Crippen molar-refractivity contribution in [2.24, 2.45) is 0 Å². The summed E-state index contributed by atoms with van der Waals surface area (Å²) in [6, 6.07) is 9.35. The molecule has 0 unspecified atom stereocenters. The molecule has 0 aliphatic heterocycles. The van der Waals surface area contributed by atoms with Crippen LogP contribution in [0.15, 0.2) is 47.3 Å². The molecule has 3 aromatic rings. The maximum absolute atomic E-state index is 14.7. The van der Waals surface area contributed by atoms with Crippen molar-refractivity contribution in [1.29, 1.82) is 5.26 Å². The molecule has 0 radical (unpaired) electrons. The second-order valence-electron chi connectivity index (χ2n) is 6.07. The van der Waals surface area contributed by atoms with Crippen LogP contribution >= 0.6 is 0 Å². The second-order valence-corrected chi connectivity index (χ2v) is 6.07. The van der Waals surface area contributed by atoms with Gasteiger partial charge in [0.2, 0.25) is 0 Å². The molecular weight excluding hydrogens is 373 g/mol. The second kappa shape index (κ2) is 7.15. The molecule has 6 nitrogen and oxygen atoms in total. The average molecular weight is 386 g/mol. The highest BCUT2D eigenvalue weighted by molar-refractivity contribution is 5.87. The fourth-order valence-electron chi connectivity index (χ4n) is 2.65. The lowest BCUT2D eigenvalue weighted by Crippen LogP contribution is -2.42. The summed E-state index contributed by atoms with van der Waals surface area (Å²) in [6.45, 7) is 1.41. The molecule has 0 fully saturated rings. The van der Waals surface area contributed by atoms with Crippen LogP contribution in [-0.2, 0) is 10.7 Å². The molecule has 2 N–H and O–H groups in total. The van der Waals surface area contributed by atoms with Gasteiger partial charge in [0, 0.05) is 10.9 Å². The van der Waals surface area contributed by atoms with Gasteiger partial charge in [-0.05, 0) is 43.3 Å². The van der Waals surface area contributed by atoms with Crippen LogP contribution in [-0.4, -0.2) is 15.9 Å². The maximum atomic E-state index is 14.7. The van der Waals surface area contributed by atoms with Gasteiger partial charge in [0.05, 0.1) is 17.3 Å². The topological polar surface area (TPSA) is 98.6 Å². The number of carbonyl (C=O) groups is 1. The normalized spacial score (nSPS) is 12.4. The molecular formula is C19H13F3N4O2. The fraction of sp³-hybridized carbons (Fsp3) is 0.158. The van der Waals surface area contributed by atoms with Crippen molar-refractivity contribution in [3.8, 4) is 6.07 Å². The number of hydrogen-bond acceptors (Lipinski definition) is 4. The lowest BCUT2D eigenvalue weighted by molar-refractivity contribution is -0.147. The monoisotopic (exact) mass is 386 g/mol. The zero-order valence-electron chi connectivity index (χ0n) is 14.5.